The van der Waals surface area contributed by atoms with E-state index in [9.17, 15) is 4.79 Å². The van der Waals surface area contributed by atoms with Crippen LogP contribution < -0.4 is 4.90 Å². The monoisotopic (exact) mass is 406 g/mol. The van der Waals surface area contributed by atoms with E-state index in [0.717, 1.165) is 58.9 Å². The van der Waals surface area contributed by atoms with Crippen molar-refractivity contribution in [3.63, 3.8) is 0 Å². The van der Waals surface area contributed by atoms with Gasteiger partial charge in [0.1, 0.15) is 0 Å². The first-order valence-corrected chi connectivity index (χ1v) is 11.2. The van der Waals surface area contributed by atoms with Crippen LogP contribution in [0.5, 0.6) is 0 Å². The normalized spacial score (nSPS) is 18.6. The van der Waals surface area contributed by atoms with E-state index in [0.29, 0.717) is 6.54 Å². The molecule has 0 spiro atoms. The first-order valence-electron chi connectivity index (χ1n) is 11.2. The van der Waals surface area contributed by atoms with Gasteiger partial charge < -0.3 is 9.80 Å². The highest BCUT2D eigenvalue weighted by Gasteiger charge is 2.25. The zero-order chi connectivity index (χ0) is 20.9. The summed E-state index contributed by atoms with van der Waals surface area (Å²) in [6.07, 6.45) is 0. The van der Waals surface area contributed by atoms with E-state index in [2.05, 4.69) is 77.1 Å². The molecule has 2 aromatic carbocycles. The molecular weight excluding hydrogens is 372 g/mol. The fourth-order valence-electron chi connectivity index (χ4n) is 4.50. The highest BCUT2D eigenvalue weighted by molar-refractivity contribution is 5.78. The van der Waals surface area contributed by atoms with Gasteiger partial charge in [-0.05, 0) is 37.1 Å². The van der Waals surface area contributed by atoms with Gasteiger partial charge in [0.25, 0.3) is 0 Å². The van der Waals surface area contributed by atoms with Gasteiger partial charge in [-0.25, -0.2) is 0 Å². The van der Waals surface area contributed by atoms with Gasteiger partial charge in [0, 0.05) is 64.6 Å². The molecule has 160 valence electrons. The number of nitrogens with zero attached hydrogens (tertiary/aromatic N) is 4. The maximum atomic E-state index is 12.8. The second-order valence-corrected chi connectivity index (χ2v) is 8.75. The highest BCUT2D eigenvalue weighted by atomic mass is 16.2. The lowest BCUT2D eigenvalue weighted by atomic mass is 10.1. The number of amides is 1. The minimum Gasteiger partial charge on any atom is -0.368 e. The van der Waals surface area contributed by atoms with E-state index in [1.165, 1.54) is 22.4 Å². The predicted molar refractivity (Wildman–Crippen MR) is 123 cm³/mol. The fourth-order valence-corrected chi connectivity index (χ4v) is 4.50. The van der Waals surface area contributed by atoms with E-state index in [1.807, 2.05) is 4.90 Å². The molecule has 0 aromatic heterocycles. The number of carbonyl (C=O) groups is 1. The Hall–Kier alpha value is -2.37. The highest BCUT2D eigenvalue weighted by Crippen LogP contribution is 2.18. The fraction of sp³-hybridized carbons (Fsp3) is 0.480. The van der Waals surface area contributed by atoms with Crippen molar-refractivity contribution in [1.29, 1.82) is 0 Å². The molecule has 2 heterocycles. The van der Waals surface area contributed by atoms with Gasteiger partial charge in [0.2, 0.25) is 5.91 Å². The summed E-state index contributed by atoms with van der Waals surface area (Å²) in [7, 11) is 0. The Morgan fingerprint density at radius 2 is 1.40 bits per heavy atom. The van der Waals surface area contributed by atoms with Gasteiger partial charge in [-0.15, -0.1) is 0 Å². The SMILES string of the molecule is Cc1cccc(CN2CCN(CC(=O)N3CCN(c4cccc(C)c4)CC3)CC2)c1. The average Bonchev–Trinajstić information content (AvgIpc) is 2.75. The molecule has 4 rings (SSSR count). The van der Waals surface area contributed by atoms with E-state index in [-0.39, 0.29) is 5.91 Å². The molecule has 5 nitrogen and oxygen atoms in total. The summed E-state index contributed by atoms with van der Waals surface area (Å²) < 4.78 is 0. The molecule has 0 N–H and O–H groups in total. The number of carbonyl (C=O) groups excluding carboxylic acids is 1. The lowest BCUT2D eigenvalue weighted by Crippen LogP contribution is -2.53. The van der Waals surface area contributed by atoms with Crippen molar-refractivity contribution in [2.24, 2.45) is 0 Å². The minimum absolute atomic E-state index is 0.283. The molecule has 1 amide bonds. The zero-order valence-corrected chi connectivity index (χ0v) is 18.4. The third-order valence-electron chi connectivity index (χ3n) is 6.31. The Kier molecular flexibility index (Phi) is 6.70. The van der Waals surface area contributed by atoms with Gasteiger partial charge in [-0.1, -0.05) is 42.0 Å². The van der Waals surface area contributed by atoms with E-state index < -0.39 is 0 Å². The van der Waals surface area contributed by atoms with Crippen molar-refractivity contribution in [3.8, 4) is 0 Å². The molecule has 0 unspecified atom stereocenters. The van der Waals surface area contributed by atoms with Crippen molar-refractivity contribution < 1.29 is 4.79 Å². The van der Waals surface area contributed by atoms with Crippen LogP contribution in [0, 0.1) is 13.8 Å². The Morgan fingerprint density at radius 3 is 2.07 bits per heavy atom. The van der Waals surface area contributed by atoms with Gasteiger partial charge in [0.05, 0.1) is 6.54 Å². The summed E-state index contributed by atoms with van der Waals surface area (Å²) in [4.78, 5) is 22.1. The smallest absolute Gasteiger partial charge is 0.236 e. The molecule has 0 radical (unpaired) electrons. The van der Waals surface area contributed by atoms with Crippen LogP contribution in [0.2, 0.25) is 0 Å². The summed E-state index contributed by atoms with van der Waals surface area (Å²) in [5, 5.41) is 0. The molecule has 0 aliphatic carbocycles. The van der Waals surface area contributed by atoms with Gasteiger partial charge in [-0.3, -0.25) is 14.6 Å². The number of rotatable bonds is 5. The van der Waals surface area contributed by atoms with Crippen molar-refractivity contribution in [3.05, 3.63) is 65.2 Å². The van der Waals surface area contributed by atoms with E-state index >= 15 is 0 Å². The number of benzene rings is 2. The van der Waals surface area contributed by atoms with Crippen molar-refractivity contribution in [2.75, 3.05) is 63.8 Å². The number of hydrogen-bond acceptors (Lipinski definition) is 4. The molecule has 0 bridgehead atoms. The summed E-state index contributed by atoms with van der Waals surface area (Å²) in [6, 6.07) is 17.4. The van der Waals surface area contributed by atoms with Crippen LogP contribution >= 0.6 is 0 Å². The predicted octanol–water partition coefficient (Wildman–Crippen LogP) is 2.77. The lowest BCUT2D eigenvalue weighted by molar-refractivity contribution is -0.133. The summed E-state index contributed by atoms with van der Waals surface area (Å²) in [5.74, 6) is 0.283. The number of anilines is 1. The van der Waals surface area contributed by atoms with E-state index in [4.69, 9.17) is 0 Å². The van der Waals surface area contributed by atoms with Crippen LogP contribution in [0.15, 0.2) is 48.5 Å². The standard InChI is InChI=1S/C25H34N4O/c1-21-5-3-7-23(17-21)19-26-9-11-27(12-10-26)20-25(30)29-15-13-28(14-16-29)24-8-4-6-22(2)18-24/h3-8,17-18H,9-16,19-20H2,1-2H3. The maximum Gasteiger partial charge on any atom is 0.236 e. The molecule has 30 heavy (non-hydrogen) atoms. The molecule has 2 aliphatic heterocycles. The molecule has 0 atom stereocenters. The van der Waals surface area contributed by atoms with Crippen LogP contribution in [-0.2, 0) is 11.3 Å². The number of hydrogen-bond donors (Lipinski definition) is 0. The molecule has 2 saturated heterocycles. The summed E-state index contributed by atoms with van der Waals surface area (Å²) in [6.45, 7) is 13.3. The molecule has 2 fully saturated rings. The average molecular weight is 407 g/mol. The molecule has 5 heteroatoms. The lowest BCUT2D eigenvalue weighted by Gasteiger charge is -2.38. The minimum atomic E-state index is 0.283. The first-order chi connectivity index (χ1) is 14.6. The van der Waals surface area contributed by atoms with Crippen molar-refractivity contribution >= 4 is 11.6 Å². The van der Waals surface area contributed by atoms with Crippen LogP contribution in [0.1, 0.15) is 16.7 Å². The maximum absolute atomic E-state index is 12.8. The largest absolute Gasteiger partial charge is 0.368 e. The van der Waals surface area contributed by atoms with Crippen molar-refractivity contribution in [2.45, 2.75) is 20.4 Å². The van der Waals surface area contributed by atoms with Crippen LogP contribution in [0.3, 0.4) is 0 Å². The summed E-state index contributed by atoms with van der Waals surface area (Å²) in [5.41, 5.74) is 5.25. The quantitative estimate of drug-likeness (QED) is 0.764. The Morgan fingerprint density at radius 1 is 0.767 bits per heavy atom. The Labute approximate surface area is 180 Å². The van der Waals surface area contributed by atoms with Crippen LogP contribution in [-0.4, -0.2) is 79.5 Å². The zero-order valence-electron chi connectivity index (χ0n) is 18.4. The number of aryl methyl sites for hydroxylation is 2. The van der Waals surface area contributed by atoms with Gasteiger partial charge in [0.15, 0.2) is 0 Å². The Balaban J connectivity index is 1.20. The van der Waals surface area contributed by atoms with Crippen molar-refractivity contribution in [1.82, 2.24) is 14.7 Å². The number of piperazine rings is 2. The molecule has 2 aliphatic rings. The topological polar surface area (TPSA) is 30.0 Å². The van der Waals surface area contributed by atoms with Gasteiger partial charge >= 0.3 is 0 Å². The second-order valence-electron chi connectivity index (χ2n) is 8.75. The van der Waals surface area contributed by atoms with Crippen LogP contribution in [0.25, 0.3) is 0 Å². The summed E-state index contributed by atoms with van der Waals surface area (Å²) >= 11 is 0. The van der Waals surface area contributed by atoms with Crippen LogP contribution in [0.4, 0.5) is 5.69 Å². The third-order valence-corrected chi connectivity index (χ3v) is 6.31. The van der Waals surface area contributed by atoms with E-state index in [1.54, 1.807) is 0 Å². The first kappa shape index (κ1) is 20.9. The Bertz CT molecular complexity index is 852. The molecular formula is C25H34N4O. The molecule has 0 saturated carbocycles. The third kappa shape index (κ3) is 5.41. The second kappa shape index (κ2) is 9.63. The van der Waals surface area contributed by atoms with Gasteiger partial charge in [-0.2, -0.15) is 0 Å². The molecule has 2 aromatic rings.